The number of para-hydroxylation sites is 1. The average molecular weight is 278 g/mol. The molecule has 0 aliphatic carbocycles. The second-order valence-electron chi connectivity index (χ2n) is 3.73. The normalized spacial score (nSPS) is 10.3. The van der Waals surface area contributed by atoms with Crippen LogP contribution in [0, 0.1) is 6.92 Å². The van der Waals surface area contributed by atoms with E-state index >= 15 is 0 Å². The molecule has 0 saturated carbocycles. The van der Waals surface area contributed by atoms with Crippen LogP contribution >= 0.6 is 23.6 Å². The third-order valence-corrected chi connectivity index (χ3v) is 4.00. The second kappa shape index (κ2) is 5.46. The second-order valence-corrected chi connectivity index (χ2v) is 5.17. The molecular weight excluding hydrogens is 264 g/mol. The number of nitrogens with zero attached hydrogens (tertiary/aromatic N) is 1. The maximum Gasteiger partial charge on any atom is 0.129 e. The van der Waals surface area contributed by atoms with Gasteiger partial charge in [-0.2, -0.15) is 0 Å². The summed E-state index contributed by atoms with van der Waals surface area (Å²) in [5, 5.41) is 0.888. The number of rotatable bonds is 4. The first-order valence-electron chi connectivity index (χ1n) is 5.63. The smallest absolute Gasteiger partial charge is 0.129 e. The SMILES string of the molecule is CCOc1ccccc1-c1nc(C)c(C(N)=S)s1. The molecule has 0 aliphatic heterocycles. The van der Waals surface area contributed by atoms with Gasteiger partial charge < -0.3 is 10.5 Å². The minimum atomic E-state index is 0.394. The standard InChI is InChI=1S/C13H14N2OS2/c1-3-16-10-7-5-4-6-9(10)13-15-8(2)11(18-13)12(14)17/h4-7H,3H2,1-2H3,(H2,14,17). The molecule has 1 aromatic carbocycles. The summed E-state index contributed by atoms with van der Waals surface area (Å²) in [6.45, 7) is 4.51. The number of ether oxygens (including phenoxy) is 1. The third-order valence-electron chi connectivity index (χ3n) is 2.44. The van der Waals surface area contributed by atoms with Crippen LogP contribution in [0.1, 0.15) is 17.5 Å². The van der Waals surface area contributed by atoms with Gasteiger partial charge in [0.25, 0.3) is 0 Å². The number of aromatic nitrogens is 1. The van der Waals surface area contributed by atoms with Gasteiger partial charge in [0.15, 0.2) is 0 Å². The summed E-state index contributed by atoms with van der Waals surface area (Å²) in [6, 6.07) is 7.85. The molecule has 18 heavy (non-hydrogen) atoms. The first-order valence-corrected chi connectivity index (χ1v) is 6.85. The highest BCUT2D eigenvalue weighted by Crippen LogP contribution is 2.34. The predicted molar refractivity (Wildman–Crippen MR) is 79.3 cm³/mol. The van der Waals surface area contributed by atoms with Crippen LogP contribution in [0.2, 0.25) is 0 Å². The number of thiazole rings is 1. The van der Waals surface area contributed by atoms with Crippen LogP contribution in [-0.2, 0) is 0 Å². The Kier molecular flexibility index (Phi) is 3.93. The van der Waals surface area contributed by atoms with Crippen LogP contribution < -0.4 is 10.5 Å². The van der Waals surface area contributed by atoms with Gasteiger partial charge in [-0.25, -0.2) is 4.98 Å². The summed E-state index contributed by atoms with van der Waals surface area (Å²) in [7, 11) is 0. The summed E-state index contributed by atoms with van der Waals surface area (Å²) in [5.74, 6) is 0.836. The van der Waals surface area contributed by atoms with Gasteiger partial charge >= 0.3 is 0 Å². The molecule has 94 valence electrons. The molecule has 0 saturated heterocycles. The molecule has 2 rings (SSSR count). The molecule has 0 spiro atoms. The Hall–Kier alpha value is -1.46. The van der Waals surface area contributed by atoms with Crippen molar-refractivity contribution in [1.29, 1.82) is 0 Å². The number of benzene rings is 1. The van der Waals surface area contributed by atoms with Crippen LogP contribution in [0.25, 0.3) is 10.6 Å². The molecule has 0 fully saturated rings. The van der Waals surface area contributed by atoms with E-state index in [2.05, 4.69) is 4.98 Å². The van der Waals surface area contributed by atoms with Crippen LogP contribution in [0.15, 0.2) is 24.3 Å². The van der Waals surface area contributed by atoms with Gasteiger partial charge in [0, 0.05) is 0 Å². The monoisotopic (exact) mass is 278 g/mol. The van der Waals surface area contributed by atoms with Gasteiger partial charge in [-0.3, -0.25) is 0 Å². The summed E-state index contributed by atoms with van der Waals surface area (Å²) in [4.78, 5) is 5.78. The molecule has 0 aliphatic rings. The summed E-state index contributed by atoms with van der Waals surface area (Å²) in [6.07, 6.45) is 0. The van der Waals surface area contributed by atoms with Crippen LogP contribution in [0.5, 0.6) is 5.75 Å². The lowest BCUT2D eigenvalue weighted by Gasteiger charge is -2.07. The van der Waals surface area contributed by atoms with Gasteiger partial charge in [0.2, 0.25) is 0 Å². The summed E-state index contributed by atoms with van der Waals surface area (Å²) in [5.41, 5.74) is 7.52. The molecule has 5 heteroatoms. The summed E-state index contributed by atoms with van der Waals surface area (Å²) >= 11 is 6.52. The Bertz CT molecular complexity index is 578. The van der Waals surface area contributed by atoms with Crippen LogP contribution in [0.4, 0.5) is 0 Å². The van der Waals surface area contributed by atoms with Crippen molar-refractivity contribution in [3.63, 3.8) is 0 Å². The maximum atomic E-state index is 5.67. The highest BCUT2D eigenvalue weighted by atomic mass is 32.1. The topological polar surface area (TPSA) is 48.1 Å². The van der Waals surface area contributed by atoms with Gasteiger partial charge in [-0.1, -0.05) is 24.4 Å². The van der Waals surface area contributed by atoms with Crippen molar-refractivity contribution < 1.29 is 4.74 Å². The van der Waals surface area contributed by atoms with Crippen molar-refractivity contribution in [3.05, 3.63) is 34.8 Å². The van der Waals surface area contributed by atoms with E-state index in [0.717, 1.165) is 26.9 Å². The summed E-state index contributed by atoms with van der Waals surface area (Å²) < 4.78 is 5.60. The number of aryl methyl sites for hydroxylation is 1. The number of hydrogen-bond acceptors (Lipinski definition) is 4. The van der Waals surface area contributed by atoms with Gasteiger partial charge in [0.05, 0.1) is 22.7 Å². The van der Waals surface area contributed by atoms with Gasteiger partial charge in [-0.15, -0.1) is 11.3 Å². The Morgan fingerprint density at radius 2 is 2.17 bits per heavy atom. The van der Waals surface area contributed by atoms with Crippen LogP contribution in [0.3, 0.4) is 0 Å². The van der Waals surface area contributed by atoms with E-state index in [1.165, 1.54) is 11.3 Å². The molecule has 3 nitrogen and oxygen atoms in total. The van der Waals surface area contributed by atoms with Crippen molar-refractivity contribution in [2.45, 2.75) is 13.8 Å². The van der Waals surface area contributed by atoms with E-state index in [4.69, 9.17) is 22.7 Å². The lowest BCUT2D eigenvalue weighted by atomic mass is 10.2. The number of nitrogens with two attached hydrogens (primary N) is 1. The van der Waals surface area contributed by atoms with E-state index in [-0.39, 0.29) is 0 Å². The van der Waals surface area contributed by atoms with E-state index < -0.39 is 0 Å². The zero-order valence-electron chi connectivity index (χ0n) is 10.3. The van der Waals surface area contributed by atoms with Crippen molar-refractivity contribution in [1.82, 2.24) is 4.98 Å². The van der Waals surface area contributed by atoms with Crippen molar-refractivity contribution in [3.8, 4) is 16.3 Å². The zero-order chi connectivity index (χ0) is 13.1. The molecule has 0 atom stereocenters. The molecule has 2 aromatic rings. The van der Waals surface area contributed by atoms with E-state index in [1.807, 2.05) is 38.1 Å². The van der Waals surface area contributed by atoms with E-state index in [9.17, 15) is 0 Å². The Morgan fingerprint density at radius 1 is 1.44 bits per heavy atom. The first kappa shape index (κ1) is 13.0. The molecule has 0 amide bonds. The molecule has 0 bridgehead atoms. The minimum Gasteiger partial charge on any atom is -0.493 e. The lowest BCUT2D eigenvalue weighted by Crippen LogP contribution is -2.08. The molecule has 1 heterocycles. The van der Waals surface area contributed by atoms with E-state index in [0.29, 0.717) is 11.6 Å². The Labute approximate surface area is 116 Å². The molecular formula is C13H14N2OS2. The molecule has 0 radical (unpaired) electrons. The fourth-order valence-electron chi connectivity index (χ4n) is 1.66. The Balaban J connectivity index is 2.48. The molecule has 0 unspecified atom stereocenters. The predicted octanol–water partition coefficient (Wildman–Crippen LogP) is 3.15. The number of hydrogen-bond donors (Lipinski definition) is 1. The minimum absolute atomic E-state index is 0.394. The van der Waals surface area contributed by atoms with Crippen molar-refractivity contribution in [2.24, 2.45) is 5.73 Å². The van der Waals surface area contributed by atoms with Gasteiger partial charge in [-0.05, 0) is 26.0 Å². The molecule has 1 aromatic heterocycles. The lowest BCUT2D eigenvalue weighted by molar-refractivity contribution is 0.341. The zero-order valence-corrected chi connectivity index (χ0v) is 11.9. The van der Waals surface area contributed by atoms with Crippen molar-refractivity contribution >= 4 is 28.5 Å². The fraction of sp³-hybridized carbons (Fsp3) is 0.231. The van der Waals surface area contributed by atoms with Gasteiger partial charge in [0.1, 0.15) is 15.7 Å². The fourth-order valence-corrected chi connectivity index (χ4v) is 2.89. The molecule has 2 N–H and O–H groups in total. The first-order chi connectivity index (χ1) is 8.63. The quantitative estimate of drug-likeness (QED) is 0.873. The Morgan fingerprint density at radius 3 is 2.78 bits per heavy atom. The highest BCUT2D eigenvalue weighted by molar-refractivity contribution is 7.81. The highest BCUT2D eigenvalue weighted by Gasteiger charge is 2.14. The number of thiocarbonyl (C=S) groups is 1. The van der Waals surface area contributed by atoms with Crippen LogP contribution in [-0.4, -0.2) is 16.6 Å². The van der Waals surface area contributed by atoms with Crippen molar-refractivity contribution in [2.75, 3.05) is 6.61 Å². The third kappa shape index (κ3) is 2.52. The largest absolute Gasteiger partial charge is 0.493 e. The van der Waals surface area contributed by atoms with E-state index in [1.54, 1.807) is 0 Å². The average Bonchev–Trinajstić information content (AvgIpc) is 2.72. The maximum absolute atomic E-state index is 5.67.